The van der Waals surface area contributed by atoms with E-state index < -0.39 is 0 Å². The maximum atomic E-state index is 3.63. The van der Waals surface area contributed by atoms with E-state index in [-0.39, 0.29) is 0 Å². The van der Waals surface area contributed by atoms with Crippen molar-refractivity contribution in [3.63, 3.8) is 0 Å². The molecule has 0 bridgehead atoms. The summed E-state index contributed by atoms with van der Waals surface area (Å²) in [5, 5.41) is 3.63. The number of nitrogens with one attached hydrogen (secondary N) is 1. The van der Waals surface area contributed by atoms with Gasteiger partial charge in [-0.15, -0.1) is 0 Å². The molecule has 0 saturated carbocycles. The zero-order valence-corrected chi connectivity index (χ0v) is 10.9. The summed E-state index contributed by atoms with van der Waals surface area (Å²) in [6.07, 6.45) is 0. The third-order valence-electron chi connectivity index (χ3n) is 2.75. The number of hydrogen-bond acceptors (Lipinski definition) is 2. The molecule has 1 aromatic carbocycles. The van der Waals surface area contributed by atoms with E-state index in [0.717, 1.165) is 13.1 Å². The van der Waals surface area contributed by atoms with Crippen LogP contribution >= 0.6 is 0 Å². The fraction of sp³-hybridized carbons (Fsp3) is 0.571. The fourth-order valence-electron chi connectivity index (χ4n) is 1.84. The molecule has 0 radical (unpaired) electrons. The molecule has 0 heterocycles. The first-order chi connectivity index (χ1) is 7.61. The van der Waals surface area contributed by atoms with Crippen molar-refractivity contribution < 1.29 is 0 Å². The average molecular weight is 220 g/mol. The molecule has 0 aliphatic carbocycles. The minimum Gasteiger partial charge on any atom is -0.308 e. The zero-order chi connectivity index (χ0) is 12.0. The lowest BCUT2D eigenvalue weighted by Gasteiger charge is -2.24. The maximum Gasteiger partial charge on any atom is 0.0343 e. The standard InChI is InChI=1S/C14H24N2/c1-12(2)14(15-10-11-16(3)4)13-8-6-5-7-9-13/h5-9,12,14-15H,10-11H2,1-4H3. The first kappa shape index (κ1) is 13.2. The van der Waals surface area contributed by atoms with Gasteiger partial charge in [-0.25, -0.2) is 0 Å². The van der Waals surface area contributed by atoms with Crippen molar-refractivity contribution >= 4 is 0 Å². The molecular formula is C14H24N2. The second-order valence-corrected chi connectivity index (χ2v) is 4.89. The molecule has 1 aromatic rings. The Bertz CT molecular complexity index is 280. The molecule has 1 atom stereocenters. The second-order valence-electron chi connectivity index (χ2n) is 4.89. The Balaban J connectivity index is 2.55. The molecule has 0 aromatic heterocycles. The van der Waals surface area contributed by atoms with Gasteiger partial charge in [-0.05, 0) is 25.6 Å². The second kappa shape index (κ2) is 6.66. The lowest BCUT2D eigenvalue weighted by atomic mass is 9.96. The molecule has 2 heteroatoms. The summed E-state index contributed by atoms with van der Waals surface area (Å²) in [5.41, 5.74) is 1.39. The first-order valence-electron chi connectivity index (χ1n) is 6.04. The number of hydrogen-bond donors (Lipinski definition) is 1. The highest BCUT2D eigenvalue weighted by atomic mass is 15.1. The van der Waals surface area contributed by atoms with Crippen molar-refractivity contribution in [1.82, 2.24) is 10.2 Å². The third kappa shape index (κ3) is 4.33. The Labute approximate surface area is 99.7 Å². The van der Waals surface area contributed by atoms with Gasteiger partial charge in [0.15, 0.2) is 0 Å². The molecule has 0 spiro atoms. The Hall–Kier alpha value is -0.860. The minimum atomic E-state index is 0.459. The van der Waals surface area contributed by atoms with E-state index in [4.69, 9.17) is 0 Å². The SMILES string of the molecule is CC(C)C(NCCN(C)C)c1ccccc1. The molecular weight excluding hydrogens is 196 g/mol. The highest BCUT2D eigenvalue weighted by Gasteiger charge is 2.14. The summed E-state index contributed by atoms with van der Waals surface area (Å²) in [6.45, 7) is 6.64. The van der Waals surface area contributed by atoms with Gasteiger partial charge in [0.05, 0.1) is 0 Å². The molecule has 0 aliphatic rings. The van der Waals surface area contributed by atoms with Gasteiger partial charge in [-0.3, -0.25) is 0 Å². The van der Waals surface area contributed by atoms with Gasteiger partial charge < -0.3 is 10.2 Å². The average Bonchev–Trinajstić information content (AvgIpc) is 2.25. The molecule has 0 fully saturated rings. The lowest BCUT2D eigenvalue weighted by molar-refractivity contribution is 0.354. The van der Waals surface area contributed by atoms with E-state index in [1.165, 1.54) is 5.56 Å². The van der Waals surface area contributed by atoms with E-state index in [0.29, 0.717) is 12.0 Å². The number of rotatable bonds is 6. The number of benzene rings is 1. The van der Waals surface area contributed by atoms with Crippen LogP contribution in [-0.4, -0.2) is 32.1 Å². The van der Waals surface area contributed by atoms with E-state index >= 15 is 0 Å². The highest BCUT2D eigenvalue weighted by molar-refractivity contribution is 5.19. The Morgan fingerprint density at radius 3 is 2.25 bits per heavy atom. The summed E-state index contributed by atoms with van der Waals surface area (Å²) >= 11 is 0. The summed E-state index contributed by atoms with van der Waals surface area (Å²) in [6, 6.07) is 11.2. The maximum absolute atomic E-state index is 3.63. The van der Waals surface area contributed by atoms with Gasteiger partial charge in [0.25, 0.3) is 0 Å². The van der Waals surface area contributed by atoms with Crippen molar-refractivity contribution in [3.8, 4) is 0 Å². The third-order valence-corrected chi connectivity index (χ3v) is 2.75. The van der Waals surface area contributed by atoms with Crippen LogP contribution in [0.2, 0.25) is 0 Å². The summed E-state index contributed by atoms with van der Waals surface area (Å²) in [5.74, 6) is 0.615. The van der Waals surface area contributed by atoms with Crippen LogP contribution in [0.1, 0.15) is 25.5 Å². The Morgan fingerprint density at radius 1 is 1.12 bits per heavy atom. The van der Waals surface area contributed by atoms with Crippen LogP contribution in [0.4, 0.5) is 0 Å². The first-order valence-corrected chi connectivity index (χ1v) is 6.04. The van der Waals surface area contributed by atoms with Crippen LogP contribution in [0, 0.1) is 5.92 Å². The van der Waals surface area contributed by atoms with E-state index in [2.05, 4.69) is 68.5 Å². The topological polar surface area (TPSA) is 15.3 Å². The van der Waals surface area contributed by atoms with Crippen LogP contribution in [-0.2, 0) is 0 Å². The summed E-state index contributed by atoms with van der Waals surface area (Å²) < 4.78 is 0. The van der Waals surface area contributed by atoms with Gasteiger partial charge in [0.1, 0.15) is 0 Å². The highest BCUT2D eigenvalue weighted by Crippen LogP contribution is 2.20. The van der Waals surface area contributed by atoms with Crippen molar-refractivity contribution in [2.24, 2.45) is 5.92 Å². The number of nitrogens with zero attached hydrogens (tertiary/aromatic N) is 1. The van der Waals surface area contributed by atoms with Crippen LogP contribution < -0.4 is 5.32 Å². The fourth-order valence-corrected chi connectivity index (χ4v) is 1.84. The predicted octanol–water partition coefficient (Wildman–Crippen LogP) is 2.53. The van der Waals surface area contributed by atoms with Gasteiger partial charge in [-0.2, -0.15) is 0 Å². The quantitative estimate of drug-likeness (QED) is 0.792. The van der Waals surface area contributed by atoms with Crippen LogP contribution in [0.15, 0.2) is 30.3 Å². The summed E-state index contributed by atoms with van der Waals surface area (Å²) in [7, 11) is 4.21. The summed E-state index contributed by atoms with van der Waals surface area (Å²) in [4.78, 5) is 2.20. The molecule has 1 rings (SSSR count). The Morgan fingerprint density at radius 2 is 1.75 bits per heavy atom. The van der Waals surface area contributed by atoms with Crippen LogP contribution in [0.25, 0.3) is 0 Å². The van der Waals surface area contributed by atoms with Crippen molar-refractivity contribution in [3.05, 3.63) is 35.9 Å². The largest absolute Gasteiger partial charge is 0.308 e. The minimum absolute atomic E-state index is 0.459. The van der Waals surface area contributed by atoms with Gasteiger partial charge >= 0.3 is 0 Å². The zero-order valence-electron chi connectivity index (χ0n) is 10.9. The van der Waals surface area contributed by atoms with Gasteiger partial charge in [-0.1, -0.05) is 44.2 Å². The van der Waals surface area contributed by atoms with E-state index in [9.17, 15) is 0 Å². The molecule has 1 N–H and O–H groups in total. The Kier molecular flexibility index (Phi) is 5.50. The van der Waals surface area contributed by atoms with Gasteiger partial charge in [0, 0.05) is 19.1 Å². The van der Waals surface area contributed by atoms with Crippen LogP contribution in [0.5, 0.6) is 0 Å². The van der Waals surface area contributed by atoms with Crippen molar-refractivity contribution in [2.45, 2.75) is 19.9 Å². The van der Waals surface area contributed by atoms with Crippen LogP contribution in [0.3, 0.4) is 0 Å². The van der Waals surface area contributed by atoms with Crippen molar-refractivity contribution in [2.75, 3.05) is 27.2 Å². The molecule has 2 nitrogen and oxygen atoms in total. The smallest absolute Gasteiger partial charge is 0.0343 e. The predicted molar refractivity (Wildman–Crippen MR) is 70.6 cm³/mol. The lowest BCUT2D eigenvalue weighted by Crippen LogP contribution is -2.32. The van der Waals surface area contributed by atoms with E-state index in [1.807, 2.05) is 0 Å². The molecule has 0 saturated heterocycles. The van der Waals surface area contributed by atoms with Crippen molar-refractivity contribution in [1.29, 1.82) is 0 Å². The van der Waals surface area contributed by atoms with E-state index in [1.54, 1.807) is 0 Å². The monoisotopic (exact) mass is 220 g/mol. The van der Waals surface area contributed by atoms with Gasteiger partial charge in [0.2, 0.25) is 0 Å². The molecule has 16 heavy (non-hydrogen) atoms. The molecule has 90 valence electrons. The molecule has 0 aliphatic heterocycles. The number of likely N-dealkylation sites (N-methyl/N-ethyl adjacent to an activating group) is 1. The molecule has 1 unspecified atom stereocenters. The molecule has 0 amide bonds. The normalized spacial score (nSPS) is 13.4.